The fourth-order valence-electron chi connectivity index (χ4n) is 2.30. The third kappa shape index (κ3) is 4.30. The van der Waals surface area contributed by atoms with Crippen LogP contribution in [0.15, 0.2) is 67.3 Å². The fraction of sp³-hybridized carbons (Fsp3) is 0.158. The minimum atomic E-state index is -0.0885. The highest BCUT2D eigenvalue weighted by molar-refractivity contribution is 6.01. The number of amides is 1. The molecule has 2 rings (SSSR count). The van der Waals surface area contributed by atoms with Crippen LogP contribution in [-0.4, -0.2) is 24.8 Å². The van der Waals surface area contributed by atoms with Crippen LogP contribution in [0.3, 0.4) is 0 Å². The lowest BCUT2D eigenvalue weighted by Crippen LogP contribution is -2.35. The van der Waals surface area contributed by atoms with Gasteiger partial charge in [-0.05, 0) is 31.2 Å². The lowest BCUT2D eigenvalue weighted by Gasteiger charge is -2.22. The summed E-state index contributed by atoms with van der Waals surface area (Å²) in [6.07, 6.45) is 1.69. The van der Waals surface area contributed by atoms with Crippen LogP contribution >= 0.6 is 0 Å². The normalized spacial score (nSPS) is 9.96. The van der Waals surface area contributed by atoms with Crippen LogP contribution < -0.4 is 10.2 Å². The van der Waals surface area contributed by atoms with Gasteiger partial charge in [0.1, 0.15) is 0 Å². The molecule has 0 aliphatic heterocycles. The first kappa shape index (κ1) is 16.5. The van der Waals surface area contributed by atoms with Gasteiger partial charge >= 0.3 is 0 Å². The quantitative estimate of drug-likeness (QED) is 0.629. The summed E-state index contributed by atoms with van der Waals surface area (Å²) in [5, 5.41) is 3.06. The lowest BCUT2D eigenvalue weighted by molar-refractivity contribution is -0.116. The summed E-state index contributed by atoms with van der Waals surface area (Å²) in [5.74, 6) is -0.124. The summed E-state index contributed by atoms with van der Waals surface area (Å²) in [5.41, 5.74) is 2.06. The zero-order valence-corrected chi connectivity index (χ0v) is 13.2. The Bertz CT molecular complexity index is 696. The van der Waals surface area contributed by atoms with Gasteiger partial charge in [0.05, 0.1) is 6.54 Å². The number of Topliss-reactive ketones (excluding diaryl/α,β-unsaturated/α-hetero) is 1. The van der Waals surface area contributed by atoms with Crippen LogP contribution in [0, 0.1) is 0 Å². The number of ketones is 1. The molecule has 0 saturated carbocycles. The molecular weight excluding hydrogens is 288 g/mol. The monoisotopic (exact) mass is 308 g/mol. The zero-order chi connectivity index (χ0) is 16.7. The van der Waals surface area contributed by atoms with Crippen LogP contribution in [0.2, 0.25) is 0 Å². The van der Waals surface area contributed by atoms with Crippen molar-refractivity contribution in [2.75, 3.05) is 23.3 Å². The van der Waals surface area contributed by atoms with Crippen molar-refractivity contribution in [3.63, 3.8) is 0 Å². The number of hydrogen-bond donors (Lipinski definition) is 1. The van der Waals surface area contributed by atoms with Crippen molar-refractivity contribution >= 4 is 23.1 Å². The fourth-order valence-corrected chi connectivity index (χ4v) is 2.30. The molecule has 0 fully saturated rings. The van der Waals surface area contributed by atoms with E-state index >= 15 is 0 Å². The highest BCUT2D eigenvalue weighted by atomic mass is 16.2. The molecule has 23 heavy (non-hydrogen) atoms. The molecule has 0 spiro atoms. The summed E-state index contributed by atoms with van der Waals surface area (Å²) in [4.78, 5) is 25.8. The first-order chi connectivity index (χ1) is 11.1. The Hall–Kier alpha value is -2.88. The zero-order valence-electron chi connectivity index (χ0n) is 13.2. The van der Waals surface area contributed by atoms with Gasteiger partial charge in [-0.15, -0.1) is 6.58 Å². The number of rotatable bonds is 7. The van der Waals surface area contributed by atoms with Crippen molar-refractivity contribution in [2.45, 2.75) is 6.92 Å². The molecular formula is C19H20N2O2. The van der Waals surface area contributed by atoms with Gasteiger partial charge < -0.3 is 10.2 Å². The summed E-state index contributed by atoms with van der Waals surface area (Å²) in [7, 11) is 0. The number of benzene rings is 2. The summed E-state index contributed by atoms with van der Waals surface area (Å²) < 4.78 is 0. The maximum atomic E-state index is 12.5. The predicted octanol–water partition coefficient (Wildman–Crippen LogP) is 3.52. The standard InChI is InChI=1S/C19H20N2O2/c1-3-13-21(16-9-5-4-6-10-16)19(23)14-20-18-12-8-7-11-17(18)15(2)22/h3-12,20H,1,13-14H2,2H3. The second-order valence-electron chi connectivity index (χ2n) is 5.08. The van der Waals surface area contributed by atoms with Gasteiger partial charge in [0.25, 0.3) is 0 Å². The molecule has 4 heteroatoms. The van der Waals surface area contributed by atoms with Crippen LogP contribution in [-0.2, 0) is 4.79 Å². The molecule has 2 aromatic rings. The van der Waals surface area contributed by atoms with Gasteiger partial charge in [-0.25, -0.2) is 0 Å². The molecule has 1 amide bonds. The SMILES string of the molecule is C=CCN(C(=O)CNc1ccccc1C(C)=O)c1ccccc1. The van der Waals surface area contributed by atoms with E-state index in [1.807, 2.05) is 36.4 Å². The number of anilines is 2. The highest BCUT2D eigenvalue weighted by Gasteiger charge is 2.15. The first-order valence-corrected chi connectivity index (χ1v) is 7.43. The van der Waals surface area contributed by atoms with Crippen molar-refractivity contribution in [2.24, 2.45) is 0 Å². The van der Waals surface area contributed by atoms with E-state index in [1.54, 1.807) is 29.2 Å². The average molecular weight is 308 g/mol. The molecule has 0 aliphatic carbocycles. The maximum Gasteiger partial charge on any atom is 0.246 e. The Morgan fingerprint density at radius 3 is 2.39 bits per heavy atom. The van der Waals surface area contributed by atoms with Crippen LogP contribution in [0.1, 0.15) is 17.3 Å². The van der Waals surface area contributed by atoms with Crippen molar-refractivity contribution in [1.29, 1.82) is 0 Å². The molecule has 0 aromatic heterocycles. The number of carbonyl (C=O) groups is 2. The molecule has 0 atom stereocenters. The second-order valence-corrected chi connectivity index (χ2v) is 5.08. The van der Waals surface area contributed by atoms with E-state index in [4.69, 9.17) is 0 Å². The van der Waals surface area contributed by atoms with Crippen molar-refractivity contribution in [1.82, 2.24) is 0 Å². The molecule has 0 unspecified atom stereocenters. The minimum absolute atomic E-state index is 0.0356. The van der Waals surface area contributed by atoms with E-state index in [1.165, 1.54) is 6.92 Å². The molecule has 1 N–H and O–H groups in total. The van der Waals surface area contributed by atoms with E-state index in [0.717, 1.165) is 5.69 Å². The Morgan fingerprint density at radius 2 is 1.74 bits per heavy atom. The Morgan fingerprint density at radius 1 is 1.09 bits per heavy atom. The number of nitrogens with zero attached hydrogens (tertiary/aromatic N) is 1. The summed E-state index contributed by atoms with van der Waals surface area (Å²) in [6.45, 7) is 5.75. The van der Waals surface area contributed by atoms with Gasteiger partial charge in [-0.1, -0.05) is 36.4 Å². The highest BCUT2D eigenvalue weighted by Crippen LogP contribution is 2.17. The third-order valence-electron chi connectivity index (χ3n) is 3.42. The number of carbonyl (C=O) groups excluding carboxylic acids is 2. The second kappa shape index (κ2) is 7.94. The third-order valence-corrected chi connectivity index (χ3v) is 3.42. The maximum absolute atomic E-state index is 12.5. The van der Waals surface area contributed by atoms with Crippen LogP contribution in [0.4, 0.5) is 11.4 Å². The summed E-state index contributed by atoms with van der Waals surface area (Å²) in [6, 6.07) is 16.6. The number of para-hydroxylation sites is 2. The molecule has 0 radical (unpaired) electrons. The molecule has 2 aromatic carbocycles. The van der Waals surface area contributed by atoms with Gasteiger partial charge in [-0.2, -0.15) is 0 Å². The molecule has 0 saturated heterocycles. The largest absolute Gasteiger partial charge is 0.376 e. The van der Waals surface area contributed by atoms with Gasteiger partial charge in [-0.3, -0.25) is 9.59 Å². The van der Waals surface area contributed by atoms with Crippen LogP contribution in [0.5, 0.6) is 0 Å². The Balaban J connectivity index is 2.11. The summed E-state index contributed by atoms with van der Waals surface area (Å²) >= 11 is 0. The molecule has 0 heterocycles. The molecule has 4 nitrogen and oxygen atoms in total. The van der Waals surface area contributed by atoms with Crippen molar-refractivity contribution < 1.29 is 9.59 Å². The van der Waals surface area contributed by atoms with E-state index in [9.17, 15) is 9.59 Å². The van der Waals surface area contributed by atoms with E-state index in [0.29, 0.717) is 17.8 Å². The van der Waals surface area contributed by atoms with E-state index < -0.39 is 0 Å². The minimum Gasteiger partial charge on any atom is -0.376 e. The topological polar surface area (TPSA) is 49.4 Å². The van der Waals surface area contributed by atoms with E-state index in [2.05, 4.69) is 11.9 Å². The predicted molar refractivity (Wildman–Crippen MR) is 93.9 cm³/mol. The van der Waals surface area contributed by atoms with Gasteiger partial charge in [0, 0.05) is 23.5 Å². The number of hydrogen-bond acceptors (Lipinski definition) is 3. The molecule has 118 valence electrons. The number of nitrogens with one attached hydrogen (secondary N) is 1. The molecule has 0 bridgehead atoms. The van der Waals surface area contributed by atoms with Crippen molar-refractivity contribution in [3.05, 3.63) is 72.8 Å². The van der Waals surface area contributed by atoms with Crippen LogP contribution in [0.25, 0.3) is 0 Å². The smallest absolute Gasteiger partial charge is 0.246 e. The average Bonchev–Trinajstić information content (AvgIpc) is 2.58. The van der Waals surface area contributed by atoms with Gasteiger partial charge in [0.2, 0.25) is 5.91 Å². The van der Waals surface area contributed by atoms with Gasteiger partial charge in [0.15, 0.2) is 5.78 Å². The van der Waals surface area contributed by atoms with E-state index in [-0.39, 0.29) is 18.2 Å². The Labute approximate surface area is 136 Å². The Kier molecular flexibility index (Phi) is 5.69. The van der Waals surface area contributed by atoms with Crippen molar-refractivity contribution in [3.8, 4) is 0 Å². The molecule has 0 aliphatic rings. The first-order valence-electron chi connectivity index (χ1n) is 7.43. The lowest BCUT2D eigenvalue weighted by atomic mass is 10.1.